The number of likely N-dealkylation sites (tertiary alicyclic amines) is 1. The minimum atomic E-state index is -0.230. The van der Waals surface area contributed by atoms with Crippen molar-refractivity contribution >= 4 is 5.91 Å². The van der Waals surface area contributed by atoms with Crippen LogP contribution < -0.4 is 5.32 Å². The molecule has 6 nitrogen and oxygen atoms in total. The number of carbonyl (C=O) groups excluding carboxylic acids is 1. The smallest absolute Gasteiger partial charge is 0.242 e. The van der Waals surface area contributed by atoms with Crippen molar-refractivity contribution in [3.05, 3.63) is 17.0 Å². The Hall–Kier alpha value is -1.40. The molecule has 1 N–H and O–H groups in total. The van der Waals surface area contributed by atoms with E-state index in [0.717, 1.165) is 37.3 Å². The molecule has 2 fully saturated rings. The Bertz CT molecular complexity index is 569. The summed E-state index contributed by atoms with van der Waals surface area (Å²) in [4.78, 5) is 15.0. The number of aromatic nitrogens is 2. The van der Waals surface area contributed by atoms with Crippen LogP contribution in [0.25, 0.3) is 0 Å². The van der Waals surface area contributed by atoms with Crippen LogP contribution in [-0.4, -0.2) is 52.4 Å². The van der Waals surface area contributed by atoms with E-state index < -0.39 is 0 Å². The number of hydrogen-bond acceptors (Lipinski definition) is 4. The van der Waals surface area contributed by atoms with Crippen LogP contribution in [-0.2, 0) is 16.6 Å². The lowest BCUT2D eigenvalue weighted by Gasteiger charge is -2.34. The SMILES string of the molecule is Cc1nn(C)c(C)c1C1CCCN1C(=O)[C@H]1NCCO[C@@H]1C. The quantitative estimate of drug-likeness (QED) is 0.888. The van der Waals surface area contributed by atoms with Gasteiger partial charge in [-0.05, 0) is 33.6 Å². The zero-order chi connectivity index (χ0) is 15.9. The number of rotatable bonds is 2. The number of amides is 1. The number of hydrogen-bond donors (Lipinski definition) is 1. The molecule has 1 aromatic rings. The topological polar surface area (TPSA) is 59.4 Å². The molecular weight excluding hydrogens is 280 g/mol. The standard InChI is InChI=1S/C16H26N4O2/c1-10-14(11(2)19(4)18-10)13-6-5-8-20(13)16(21)15-12(3)22-9-7-17-15/h12-13,15,17H,5-9H2,1-4H3/t12-,13?,15+/m1/s1. The van der Waals surface area contributed by atoms with Gasteiger partial charge in [0.15, 0.2) is 0 Å². The van der Waals surface area contributed by atoms with Gasteiger partial charge in [0.05, 0.1) is 24.4 Å². The van der Waals surface area contributed by atoms with Gasteiger partial charge in [0.1, 0.15) is 6.04 Å². The van der Waals surface area contributed by atoms with Gasteiger partial charge < -0.3 is 15.0 Å². The Labute approximate surface area is 131 Å². The third-order valence-corrected chi connectivity index (χ3v) is 5.02. The zero-order valence-corrected chi connectivity index (χ0v) is 13.9. The molecule has 122 valence electrons. The summed E-state index contributed by atoms with van der Waals surface area (Å²) in [5.41, 5.74) is 3.41. The first-order valence-electron chi connectivity index (χ1n) is 8.16. The van der Waals surface area contributed by atoms with Crippen LogP contribution >= 0.6 is 0 Å². The van der Waals surface area contributed by atoms with E-state index in [-0.39, 0.29) is 24.1 Å². The van der Waals surface area contributed by atoms with Crippen molar-refractivity contribution in [1.29, 1.82) is 0 Å². The third kappa shape index (κ3) is 2.54. The molecule has 0 radical (unpaired) electrons. The largest absolute Gasteiger partial charge is 0.375 e. The molecule has 2 aliphatic rings. The molecule has 3 rings (SSSR count). The maximum atomic E-state index is 13.0. The fourth-order valence-electron chi connectivity index (χ4n) is 3.79. The molecular formula is C16H26N4O2. The lowest BCUT2D eigenvalue weighted by atomic mass is 10.0. The first-order chi connectivity index (χ1) is 10.5. The number of morpholine rings is 1. The van der Waals surface area contributed by atoms with Crippen molar-refractivity contribution in [3.63, 3.8) is 0 Å². The van der Waals surface area contributed by atoms with Gasteiger partial charge >= 0.3 is 0 Å². The van der Waals surface area contributed by atoms with Gasteiger partial charge in [-0.3, -0.25) is 9.48 Å². The van der Waals surface area contributed by atoms with Crippen molar-refractivity contribution in [2.45, 2.75) is 51.8 Å². The summed E-state index contributed by atoms with van der Waals surface area (Å²) >= 11 is 0. The van der Waals surface area contributed by atoms with Crippen molar-refractivity contribution < 1.29 is 9.53 Å². The van der Waals surface area contributed by atoms with Crippen LogP contribution in [0.3, 0.4) is 0 Å². The Kier molecular flexibility index (Phi) is 4.23. The van der Waals surface area contributed by atoms with E-state index >= 15 is 0 Å². The van der Waals surface area contributed by atoms with Crippen LogP contribution in [0.1, 0.15) is 42.8 Å². The van der Waals surface area contributed by atoms with E-state index in [1.165, 1.54) is 5.56 Å². The van der Waals surface area contributed by atoms with Crippen molar-refractivity contribution in [2.75, 3.05) is 19.7 Å². The predicted octanol–water partition coefficient (Wildman–Crippen LogP) is 1.08. The molecule has 0 aliphatic carbocycles. The highest BCUT2D eigenvalue weighted by atomic mass is 16.5. The first-order valence-corrected chi connectivity index (χ1v) is 8.16. The fourth-order valence-corrected chi connectivity index (χ4v) is 3.79. The Morgan fingerprint density at radius 2 is 2.18 bits per heavy atom. The Balaban J connectivity index is 1.85. The second-order valence-corrected chi connectivity index (χ2v) is 6.41. The molecule has 1 amide bonds. The van der Waals surface area contributed by atoms with E-state index in [1.54, 1.807) is 0 Å². The van der Waals surface area contributed by atoms with Crippen LogP contribution in [0, 0.1) is 13.8 Å². The molecule has 1 unspecified atom stereocenters. The molecule has 0 saturated carbocycles. The van der Waals surface area contributed by atoms with Gasteiger partial charge in [0, 0.05) is 31.4 Å². The van der Waals surface area contributed by atoms with Gasteiger partial charge in [-0.2, -0.15) is 5.10 Å². The molecule has 6 heteroatoms. The maximum absolute atomic E-state index is 13.0. The zero-order valence-electron chi connectivity index (χ0n) is 13.9. The monoisotopic (exact) mass is 306 g/mol. The van der Waals surface area contributed by atoms with Crippen LogP contribution in [0.2, 0.25) is 0 Å². The van der Waals surface area contributed by atoms with Crippen LogP contribution in [0.5, 0.6) is 0 Å². The first kappa shape index (κ1) is 15.5. The van der Waals surface area contributed by atoms with E-state index in [1.807, 2.05) is 30.5 Å². The lowest BCUT2D eigenvalue weighted by Crippen LogP contribution is -2.56. The number of aryl methyl sites for hydroxylation is 2. The molecule has 22 heavy (non-hydrogen) atoms. The summed E-state index contributed by atoms with van der Waals surface area (Å²) in [5, 5.41) is 7.83. The van der Waals surface area contributed by atoms with Crippen LogP contribution in [0.4, 0.5) is 0 Å². The molecule has 2 saturated heterocycles. The average Bonchev–Trinajstić information content (AvgIpc) is 3.04. The van der Waals surface area contributed by atoms with Crippen LogP contribution in [0.15, 0.2) is 0 Å². The highest BCUT2D eigenvalue weighted by Crippen LogP contribution is 2.36. The number of nitrogens with one attached hydrogen (secondary N) is 1. The molecule has 0 aromatic carbocycles. The highest BCUT2D eigenvalue weighted by Gasteiger charge is 2.39. The maximum Gasteiger partial charge on any atom is 0.242 e. The van der Waals surface area contributed by atoms with Crippen molar-refractivity contribution in [2.24, 2.45) is 7.05 Å². The van der Waals surface area contributed by atoms with E-state index in [4.69, 9.17) is 4.74 Å². The van der Waals surface area contributed by atoms with Crippen molar-refractivity contribution in [1.82, 2.24) is 20.0 Å². The number of ether oxygens (including phenoxy) is 1. The minimum absolute atomic E-state index is 0.0707. The normalized spacial score (nSPS) is 29.1. The summed E-state index contributed by atoms with van der Waals surface area (Å²) in [5.74, 6) is 0.164. The van der Waals surface area contributed by atoms with Gasteiger partial charge in [-0.25, -0.2) is 0 Å². The van der Waals surface area contributed by atoms with Gasteiger partial charge in [0.2, 0.25) is 5.91 Å². The van der Waals surface area contributed by atoms with E-state index in [9.17, 15) is 4.79 Å². The highest BCUT2D eigenvalue weighted by molar-refractivity contribution is 5.83. The molecule has 3 heterocycles. The molecule has 0 spiro atoms. The Morgan fingerprint density at radius 1 is 1.41 bits per heavy atom. The number of nitrogens with zero attached hydrogens (tertiary/aromatic N) is 3. The van der Waals surface area contributed by atoms with Gasteiger partial charge in [0.25, 0.3) is 0 Å². The second kappa shape index (κ2) is 6.01. The third-order valence-electron chi connectivity index (χ3n) is 5.02. The fraction of sp³-hybridized carbons (Fsp3) is 0.750. The van der Waals surface area contributed by atoms with E-state index in [0.29, 0.717) is 6.61 Å². The molecule has 2 aliphatic heterocycles. The predicted molar refractivity (Wildman–Crippen MR) is 83.6 cm³/mol. The second-order valence-electron chi connectivity index (χ2n) is 6.41. The summed E-state index contributed by atoms with van der Waals surface area (Å²) in [6, 6.07) is -0.0799. The molecule has 1 aromatic heterocycles. The van der Waals surface area contributed by atoms with Gasteiger partial charge in [-0.15, -0.1) is 0 Å². The number of carbonyl (C=O) groups is 1. The summed E-state index contributed by atoms with van der Waals surface area (Å²) in [6.07, 6.45) is 1.99. The summed E-state index contributed by atoms with van der Waals surface area (Å²) in [6.45, 7) is 8.33. The van der Waals surface area contributed by atoms with Gasteiger partial charge in [-0.1, -0.05) is 0 Å². The summed E-state index contributed by atoms with van der Waals surface area (Å²) < 4.78 is 7.55. The van der Waals surface area contributed by atoms with Crippen molar-refractivity contribution in [3.8, 4) is 0 Å². The molecule has 0 bridgehead atoms. The summed E-state index contributed by atoms with van der Waals surface area (Å²) in [7, 11) is 1.96. The molecule has 3 atom stereocenters. The Morgan fingerprint density at radius 3 is 2.82 bits per heavy atom. The lowest BCUT2D eigenvalue weighted by molar-refractivity contribution is -0.140. The minimum Gasteiger partial charge on any atom is -0.375 e. The van der Waals surface area contributed by atoms with E-state index in [2.05, 4.69) is 17.3 Å². The average molecular weight is 306 g/mol.